The highest BCUT2D eigenvalue weighted by Gasteiger charge is 2.12. The molecule has 1 heterocycles. The summed E-state index contributed by atoms with van der Waals surface area (Å²) in [4.78, 5) is 15.8. The second-order valence-electron chi connectivity index (χ2n) is 4.47. The highest BCUT2D eigenvalue weighted by molar-refractivity contribution is 6.04. The first kappa shape index (κ1) is 13.9. The van der Waals surface area contributed by atoms with Gasteiger partial charge in [0.25, 0.3) is 5.91 Å². The Labute approximate surface area is 124 Å². The number of amides is 1. The third kappa shape index (κ3) is 2.83. The normalized spacial score (nSPS) is 10.5. The van der Waals surface area contributed by atoms with Crippen LogP contribution in [0.15, 0.2) is 55.1 Å². The molecule has 0 bridgehead atoms. The maximum Gasteiger partial charge on any atom is 0.258 e. The van der Waals surface area contributed by atoms with Gasteiger partial charge < -0.3 is 5.32 Å². The molecular formula is C15H10F2N4O. The van der Waals surface area contributed by atoms with Crippen molar-refractivity contribution in [2.75, 3.05) is 5.32 Å². The fourth-order valence-electron chi connectivity index (χ4n) is 1.91. The predicted molar refractivity (Wildman–Crippen MR) is 75.7 cm³/mol. The zero-order chi connectivity index (χ0) is 15.5. The van der Waals surface area contributed by atoms with Gasteiger partial charge in [-0.25, -0.2) is 18.4 Å². The smallest absolute Gasteiger partial charge is 0.258 e. The molecule has 0 aliphatic carbocycles. The maximum absolute atomic E-state index is 13.5. The molecule has 3 aromatic rings. The zero-order valence-electron chi connectivity index (χ0n) is 11.2. The molecule has 2 aromatic carbocycles. The predicted octanol–water partition coefficient (Wildman–Crippen LogP) is 2.80. The van der Waals surface area contributed by atoms with Crippen molar-refractivity contribution in [1.29, 1.82) is 0 Å². The van der Waals surface area contributed by atoms with Gasteiger partial charge in [-0.1, -0.05) is 0 Å². The van der Waals surface area contributed by atoms with Gasteiger partial charge in [0, 0.05) is 11.8 Å². The molecule has 0 spiro atoms. The molecule has 0 saturated heterocycles. The Bertz CT molecular complexity index is 801. The van der Waals surface area contributed by atoms with Crippen molar-refractivity contribution in [2.45, 2.75) is 0 Å². The largest absolute Gasteiger partial charge is 0.322 e. The van der Waals surface area contributed by atoms with Crippen LogP contribution >= 0.6 is 0 Å². The molecule has 5 nitrogen and oxygen atoms in total. The van der Waals surface area contributed by atoms with E-state index in [0.29, 0.717) is 11.8 Å². The van der Waals surface area contributed by atoms with Gasteiger partial charge in [-0.05, 0) is 36.4 Å². The van der Waals surface area contributed by atoms with Gasteiger partial charge in [-0.15, -0.1) is 0 Å². The number of aromatic nitrogens is 3. The molecule has 0 atom stereocenters. The first-order valence-electron chi connectivity index (χ1n) is 6.35. The number of nitrogens with zero attached hydrogens (tertiary/aromatic N) is 3. The van der Waals surface area contributed by atoms with E-state index in [2.05, 4.69) is 15.4 Å². The number of hydrogen-bond acceptors (Lipinski definition) is 3. The third-order valence-corrected chi connectivity index (χ3v) is 2.98. The van der Waals surface area contributed by atoms with Crippen molar-refractivity contribution in [3.05, 3.63) is 72.3 Å². The maximum atomic E-state index is 13.5. The van der Waals surface area contributed by atoms with E-state index in [-0.39, 0.29) is 5.56 Å². The molecule has 1 amide bonds. The second-order valence-corrected chi connectivity index (χ2v) is 4.47. The molecule has 0 fully saturated rings. The Morgan fingerprint density at radius 2 is 1.86 bits per heavy atom. The van der Waals surface area contributed by atoms with E-state index in [4.69, 9.17) is 0 Å². The highest BCUT2D eigenvalue weighted by atomic mass is 19.1. The van der Waals surface area contributed by atoms with Gasteiger partial charge >= 0.3 is 0 Å². The molecule has 0 aliphatic heterocycles. The van der Waals surface area contributed by atoms with Gasteiger partial charge in [-0.3, -0.25) is 4.79 Å². The van der Waals surface area contributed by atoms with Crippen LogP contribution in [0.25, 0.3) is 5.69 Å². The summed E-state index contributed by atoms with van der Waals surface area (Å²) in [6.45, 7) is 0. The summed E-state index contributed by atoms with van der Waals surface area (Å²) in [7, 11) is 0. The number of anilines is 1. The molecule has 0 saturated carbocycles. The molecule has 1 aromatic heterocycles. The molecule has 22 heavy (non-hydrogen) atoms. The molecule has 0 aliphatic rings. The lowest BCUT2D eigenvalue weighted by atomic mass is 10.2. The van der Waals surface area contributed by atoms with Crippen LogP contribution in [0.4, 0.5) is 14.5 Å². The van der Waals surface area contributed by atoms with Gasteiger partial charge in [0.05, 0.1) is 11.3 Å². The molecule has 7 heteroatoms. The topological polar surface area (TPSA) is 59.8 Å². The Morgan fingerprint density at radius 3 is 2.50 bits per heavy atom. The average molecular weight is 300 g/mol. The summed E-state index contributed by atoms with van der Waals surface area (Å²) in [6.07, 6.45) is 2.95. The van der Waals surface area contributed by atoms with E-state index in [1.807, 2.05) is 0 Å². The fraction of sp³-hybridized carbons (Fsp3) is 0. The van der Waals surface area contributed by atoms with Gasteiger partial charge in [0.15, 0.2) is 0 Å². The summed E-state index contributed by atoms with van der Waals surface area (Å²) in [5.41, 5.74) is 1.03. The lowest BCUT2D eigenvalue weighted by molar-refractivity contribution is 0.102. The quantitative estimate of drug-likeness (QED) is 0.809. The van der Waals surface area contributed by atoms with E-state index in [9.17, 15) is 13.6 Å². The lowest BCUT2D eigenvalue weighted by Crippen LogP contribution is -2.14. The van der Waals surface area contributed by atoms with Crippen LogP contribution in [0.2, 0.25) is 0 Å². The van der Waals surface area contributed by atoms with E-state index in [1.54, 1.807) is 35.3 Å². The molecule has 110 valence electrons. The van der Waals surface area contributed by atoms with Crippen molar-refractivity contribution >= 4 is 11.6 Å². The Morgan fingerprint density at radius 1 is 1.09 bits per heavy atom. The first-order chi connectivity index (χ1) is 10.6. The fourth-order valence-corrected chi connectivity index (χ4v) is 1.91. The van der Waals surface area contributed by atoms with Crippen LogP contribution < -0.4 is 5.32 Å². The van der Waals surface area contributed by atoms with E-state index in [0.717, 1.165) is 17.8 Å². The minimum atomic E-state index is -0.906. The summed E-state index contributed by atoms with van der Waals surface area (Å²) in [5, 5.41) is 6.52. The van der Waals surface area contributed by atoms with Crippen LogP contribution in [0.5, 0.6) is 0 Å². The third-order valence-electron chi connectivity index (χ3n) is 2.98. The van der Waals surface area contributed by atoms with Gasteiger partial charge in [-0.2, -0.15) is 5.10 Å². The number of hydrogen-bond donors (Lipinski definition) is 1. The molecule has 0 radical (unpaired) electrons. The Kier molecular flexibility index (Phi) is 3.61. The summed E-state index contributed by atoms with van der Waals surface area (Å²) >= 11 is 0. The lowest BCUT2D eigenvalue weighted by Gasteiger charge is -2.07. The Hall–Kier alpha value is -3.09. The van der Waals surface area contributed by atoms with Crippen LogP contribution in [-0.2, 0) is 0 Å². The number of carbonyl (C=O) groups is 1. The number of carbonyl (C=O) groups excluding carboxylic acids is 1. The van der Waals surface area contributed by atoms with Crippen molar-refractivity contribution in [3.63, 3.8) is 0 Å². The Balaban J connectivity index is 1.77. The number of nitrogens with one attached hydrogen (secondary N) is 1. The van der Waals surface area contributed by atoms with Crippen LogP contribution in [0.1, 0.15) is 10.4 Å². The second kappa shape index (κ2) is 5.72. The first-order valence-corrected chi connectivity index (χ1v) is 6.35. The van der Waals surface area contributed by atoms with Gasteiger partial charge in [0.1, 0.15) is 24.3 Å². The monoisotopic (exact) mass is 300 g/mol. The summed E-state index contributed by atoms with van der Waals surface area (Å²) < 4.78 is 27.9. The van der Waals surface area contributed by atoms with Crippen LogP contribution in [0, 0.1) is 11.6 Å². The molecule has 3 rings (SSSR count). The van der Waals surface area contributed by atoms with Crippen LogP contribution in [0.3, 0.4) is 0 Å². The SMILES string of the molecule is O=C(Nc1ccc(-n2cncn2)cc1)c1ccc(F)cc1F. The number of rotatable bonds is 3. The molecular weight excluding hydrogens is 290 g/mol. The van der Waals surface area contributed by atoms with E-state index in [1.165, 1.54) is 6.33 Å². The molecule has 1 N–H and O–H groups in total. The minimum absolute atomic E-state index is 0.221. The van der Waals surface area contributed by atoms with Gasteiger partial charge in [0.2, 0.25) is 0 Å². The minimum Gasteiger partial charge on any atom is -0.322 e. The molecule has 0 unspecified atom stereocenters. The van der Waals surface area contributed by atoms with Crippen molar-refractivity contribution < 1.29 is 13.6 Å². The number of benzene rings is 2. The standard InChI is InChI=1S/C15H10F2N4O/c16-10-1-6-13(14(17)7-10)15(22)20-11-2-4-12(5-3-11)21-9-18-8-19-21/h1-9H,(H,20,22). The number of halogens is 2. The highest BCUT2D eigenvalue weighted by Crippen LogP contribution is 2.15. The summed E-state index contributed by atoms with van der Waals surface area (Å²) in [6, 6.07) is 9.56. The van der Waals surface area contributed by atoms with Crippen molar-refractivity contribution in [2.24, 2.45) is 0 Å². The zero-order valence-corrected chi connectivity index (χ0v) is 11.2. The van der Waals surface area contributed by atoms with Crippen LogP contribution in [-0.4, -0.2) is 20.7 Å². The van der Waals surface area contributed by atoms with Crippen molar-refractivity contribution in [3.8, 4) is 5.69 Å². The van der Waals surface area contributed by atoms with E-state index >= 15 is 0 Å². The van der Waals surface area contributed by atoms with Crippen molar-refractivity contribution in [1.82, 2.24) is 14.8 Å². The average Bonchev–Trinajstić information content (AvgIpc) is 3.02. The van der Waals surface area contributed by atoms with E-state index < -0.39 is 17.5 Å². The summed E-state index contributed by atoms with van der Waals surface area (Å²) in [5.74, 6) is -2.28.